The van der Waals surface area contributed by atoms with E-state index < -0.39 is 5.82 Å². The third kappa shape index (κ3) is 4.12. The summed E-state index contributed by atoms with van der Waals surface area (Å²) in [4.78, 5) is 26.7. The van der Waals surface area contributed by atoms with Gasteiger partial charge in [-0.1, -0.05) is 18.2 Å². The zero-order valence-electron chi connectivity index (χ0n) is 16.7. The van der Waals surface area contributed by atoms with Crippen LogP contribution in [0.2, 0.25) is 0 Å². The normalized spacial score (nSPS) is 14.7. The number of nitrogens with zero attached hydrogens (tertiary/aromatic N) is 3. The Labute approximate surface area is 173 Å². The molecule has 1 aliphatic rings. The van der Waals surface area contributed by atoms with Gasteiger partial charge in [0.15, 0.2) is 0 Å². The molecule has 0 atom stereocenters. The minimum absolute atomic E-state index is 0.0683. The molecule has 3 aromatic rings. The molecule has 1 fully saturated rings. The van der Waals surface area contributed by atoms with Crippen molar-refractivity contribution >= 4 is 5.91 Å². The smallest absolute Gasteiger partial charge is 0.343 e. The molecule has 0 aliphatic carbocycles. The number of amides is 1. The molecule has 0 radical (unpaired) electrons. The van der Waals surface area contributed by atoms with Crippen molar-refractivity contribution in [3.63, 3.8) is 0 Å². The van der Waals surface area contributed by atoms with E-state index in [1.807, 2.05) is 24.3 Å². The van der Waals surface area contributed by atoms with Crippen LogP contribution in [-0.4, -0.2) is 45.8 Å². The quantitative estimate of drug-likeness (QED) is 0.702. The van der Waals surface area contributed by atoms with E-state index in [0.29, 0.717) is 43.9 Å². The first-order valence-corrected chi connectivity index (χ1v) is 9.88. The van der Waals surface area contributed by atoms with Crippen LogP contribution in [0.1, 0.15) is 40.5 Å². The lowest BCUT2D eigenvalue weighted by molar-refractivity contribution is 0.0709. The number of hydrogen-bond donors (Lipinski definition) is 1. The molecule has 30 heavy (non-hydrogen) atoms. The highest BCUT2D eigenvalue weighted by Crippen LogP contribution is 2.27. The van der Waals surface area contributed by atoms with E-state index in [0.717, 1.165) is 11.3 Å². The first-order valence-electron chi connectivity index (χ1n) is 9.88. The van der Waals surface area contributed by atoms with E-state index in [9.17, 15) is 14.0 Å². The Kier molecular flexibility index (Phi) is 5.65. The van der Waals surface area contributed by atoms with Gasteiger partial charge >= 0.3 is 5.69 Å². The number of piperidine rings is 1. The van der Waals surface area contributed by atoms with Crippen LogP contribution in [0.3, 0.4) is 0 Å². The van der Waals surface area contributed by atoms with Crippen molar-refractivity contribution in [2.45, 2.75) is 25.3 Å². The zero-order chi connectivity index (χ0) is 21.1. The van der Waals surface area contributed by atoms with Gasteiger partial charge in [0.1, 0.15) is 17.4 Å². The van der Waals surface area contributed by atoms with E-state index in [4.69, 9.17) is 4.74 Å². The van der Waals surface area contributed by atoms with Crippen LogP contribution in [0.5, 0.6) is 5.75 Å². The summed E-state index contributed by atoms with van der Waals surface area (Å²) in [6, 6.07) is 13.3. The van der Waals surface area contributed by atoms with Gasteiger partial charge in [-0.15, -0.1) is 0 Å². The summed E-state index contributed by atoms with van der Waals surface area (Å²) in [5.41, 5.74) is 1.07. The van der Waals surface area contributed by atoms with Crippen molar-refractivity contribution in [1.29, 1.82) is 0 Å². The van der Waals surface area contributed by atoms with Crippen LogP contribution in [0.15, 0.2) is 53.3 Å². The number of carbonyl (C=O) groups excluding carboxylic acids is 1. The Bertz CT molecular complexity index is 1080. The molecule has 1 amide bonds. The van der Waals surface area contributed by atoms with Gasteiger partial charge in [0.25, 0.3) is 5.91 Å². The second kappa shape index (κ2) is 8.52. The molecule has 1 N–H and O–H groups in total. The average molecular weight is 410 g/mol. The van der Waals surface area contributed by atoms with Crippen LogP contribution >= 0.6 is 0 Å². The number of hydrogen-bond acceptors (Lipinski definition) is 4. The van der Waals surface area contributed by atoms with E-state index in [1.54, 1.807) is 22.6 Å². The largest absolute Gasteiger partial charge is 0.497 e. The van der Waals surface area contributed by atoms with Gasteiger partial charge in [-0.2, -0.15) is 5.10 Å². The zero-order valence-corrected chi connectivity index (χ0v) is 16.7. The first-order chi connectivity index (χ1) is 14.5. The Hall–Kier alpha value is -3.42. The Morgan fingerprint density at radius 2 is 1.93 bits per heavy atom. The molecule has 0 saturated carbocycles. The molecule has 156 valence electrons. The molecule has 0 spiro atoms. The van der Waals surface area contributed by atoms with Crippen LogP contribution in [-0.2, 0) is 6.54 Å². The second-order valence-corrected chi connectivity index (χ2v) is 7.40. The molecule has 2 aromatic carbocycles. The van der Waals surface area contributed by atoms with E-state index in [-0.39, 0.29) is 17.5 Å². The number of nitrogens with one attached hydrogen (secondary N) is 1. The molecule has 1 saturated heterocycles. The van der Waals surface area contributed by atoms with Crippen molar-refractivity contribution in [3.8, 4) is 5.75 Å². The van der Waals surface area contributed by atoms with Crippen molar-refractivity contribution in [1.82, 2.24) is 19.7 Å². The summed E-state index contributed by atoms with van der Waals surface area (Å²) in [6.45, 7) is 1.48. The van der Waals surface area contributed by atoms with Crippen molar-refractivity contribution in [3.05, 3.63) is 81.8 Å². The maximum atomic E-state index is 13.4. The highest BCUT2D eigenvalue weighted by molar-refractivity contribution is 5.94. The minimum atomic E-state index is -0.421. The molecular formula is C22H23FN4O3. The molecule has 0 unspecified atom stereocenters. The van der Waals surface area contributed by atoms with Crippen LogP contribution < -0.4 is 10.4 Å². The Morgan fingerprint density at radius 1 is 1.20 bits per heavy atom. The fourth-order valence-corrected chi connectivity index (χ4v) is 3.85. The predicted molar refractivity (Wildman–Crippen MR) is 109 cm³/mol. The Morgan fingerprint density at radius 3 is 2.60 bits per heavy atom. The van der Waals surface area contributed by atoms with Crippen LogP contribution in [0.25, 0.3) is 0 Å². The number of aromatic nitrogens is 3. The number of carbonyl (C=O) groups is 1. The van der Waals surface area contributed by atoms with Gasteiger partial charge < -0.3 is 9.64 Å². The van der Waals surface area contributed by atoms with Crippen molar-refractivity contribution < 1.29 is 13.9 Å². The second-order valence-electron chi connectivity index (χ2n) is 7.40. The van der Waals surface area contributed by atoms with E-state index in [1.165, 1.54) is 18.2 Å². The van der Waals surface area contributed by atoms with E-state index >= 15 is 0 Å². The van der Waals surface area contributed by atoms with Gasteiger partial charge in [-0.25, -0.2) is 14.3 Å². The molecule has 0 bridgehead atoms. The molecule has 1 aromatic heterocycles. The number of benzene rings is 2. The highest BCUT2D eigenvalue weighted by Gasteiger charge is 2.28. The minimum Gasteiger partial charge on any atom is -0.497 e. The van der Waals surface area contributed by atoms with Crippen molar-refractivity contribution in [2.24, 2.45) is 0 Å². The van der Waals surface area contributed by atoms with Gasteiger partial charge in [0, 0.05) is 24.6 Å². The summed E-state index contributed by atoms with van der Waals surface area (Å²) >= 11 is 0. The number of H-pyrrole nitrogens is 1. The van der Waals surface area contributed by atoms with E-state index in [2.05, 4.69) is 10.2 Å². The van der Waals surface area contributed by atoms with Crippen molar-refractivity contribution in [2.75, 3.05) is 20.2 Å². The molecule has 4 rings (SSSR count). The summed E-state index contributed by atoms with van der Waals surface area (Å²) in [7, 11) is 1.61. The van der Waals surface area contributed by atoms with Gasteiger partial charge in [0.05, 0.1) is 13.7 Å². The number of ether oxygens (including phenoxy) is 1. The SMILES string of the molecule is COc1ccc(Cn2c(C3CCN(C(=O)c4cccc(F)c4)CC3)n[nH]c2=O)cc1. The van der Waals surface area contributed by atoms with Crippen LogP contribution in [0.4, 0.5) is 4.39 Å². The summed E-state index contributed by atoms with van der Waals surface area (Å²) in [6.07, 6.45) is 1.38. The fraction of sp³-hybridized carbons (Fsp3) is 0.318. The lowest BCUT2D eigenvalue weighted by Gasteiger charge is -2.31. The summed E-state index contributed by atoms with van der Waals surface area (Å²) in [5.74, 6) is 0.932. The molecule has 2 heterocycles. The number of rotatable bonds is 5. The maximum absolute atomic E-state index is 13.4. The van der Waals surface area contributed by atoms with Gasteiger partial charge in [-0.3, -0.25) is 9.36 Å². The average Bonchev–Trinajstić information content (AvgIpc) is 3.14. The van der Waals surface area contributed by atoms with Gasteiger partial charge in [-0.05, 0) is 48.7 Å². The molecule has 7 nitrogen and oxygen atoms in total. The Balaban J connectivity index is 1.45. The van der Waals surface area contributed by atoms with Gasteiger partial charge in [0.2, 0.25) is 0 Å². The lowest BCUT2D eigenvalue weighted by atomic mass is 9.95. The topological polar surface area (TPSA) is 80.2 Å². The third-order valence-electron chi connectivity index (χ3n) is 5.51. The highest BCUT2D eigenvalue weighted by atomic mass is 19.1. The predicted octanol–water partition coefficient (Wildman–Crippen LogP) is 2.79. The molecule has 8 heteroatoms. The number of halogens is 1. The number of methoxy groups -OCH3 is 1. The lowest BCUT2D eigenvalue weighted by Crippen LogP contribution is -2.38. The molecule has 1 aliphatic heterocycles. The first kappa shape index (κ1) is 19.9. The monoisotopic (exact) mass is 410 g/mol. The summed E-state index contributed by atoms with van der Waals surface area (Å²) in [5, 5.41) is 6.81. The number of likely N-dealkylation sites (tertiary alicyclic amines) is 1. The third-order valence-corrected chi connectivity index (χ3v) is 5.51. The number of aromatic amines is 1. The standard InChI is InChI=1S/C22H23FN4O3/c1-30-19-7-5-15(6-8-19)14-27-20(24-25-22(27)29)16-9-11-26(12-10-16)21(28)17-3-2-4-18(23)13-17/h2-8,13,16H,9-12,14H2,1H3,(H,25,29). The van der Waals surface area contributed by atoms with Crippen LogP contribution in [0, 0.1) is 5.82 Å². The fourth-order valence-electron chi connectivity index (χ4n) is 3.85. The maximum Gasteiger partial charge on any atom is 0.343 e. The molecular weight excluding hydrogens is 387 g/mol. The summed E-state index contributed by atoms with van der Waals surface area (Å²) < 4.78 is 20.2.